The minimum absolute atomic E-state index is 0.212. The molecule has 0 bridgehead atoms. The molecule has 1 aromatic rings. The quantitative estimate of drug-likeness (QED) is 0.893. The molecule has 1 heterocycles. The Hall–Kier alpha value is -1.85. The summed E-state index contributed by atoms with van der Waals surface area (Å²) in [6, 6.07) is 5.43. The monoisotopic (exact) mass is 285 g/mol. The lowest BCUT2D eigenvalue weighted by molar-refractivity contribution is -0.137. The van der Waals surface area contributed by atoms with Crippen molar-refractivity contribution in [3.8, 4) is 0 Å². The molecule has 0 amide bonds. The Morgan fingerprint density at radius 3 is 2.70 bits per heavy atom. The zero-order valence-electron chi connectivity index (χ0n) is 11.2. The molecular formula is C14H18F3N3. The first-order valence-electron chi connectivity index (χ1n) is 6.53. The van der Waals surface area contributed by atoms with Crippen LogP contribution in [0.15, 0.2) is 36.2 Å². The van der Waals surface area contributed by atoms with Crippen molar-refractivity contribution in [3.63, 3.8) is 0 Å². The molecule has 2 rings (SSSR count). The van der Waals surface area contributed by atoms with E-state index in [-0.39, 0.29) is 5.92 Å². The summed E-state index contributed by atoms with van der Waals surface area (Å²) in [6.45, 7) is 3.94. The lowest BCUT2D eigenvalue weighted by atomic mass is 10.1. The van der Waals surface area contributed by atoms with E-state index < -0.39 is 11.7 Å². The molecule has 110 valence electrons. The second-order valence-electron chi connectivity index (χ2n) is 4.85. The predicted octanol–water partition coefficient (Wildman–Crippen LogP) is 2.55. The highest BCUT2D eigenvalue weighted by Gasteiger charge is 2.30. The molecule has 0 saturated carbocycles. The summed E-state index contributed by atoms with van der Waals surface area (Å²) in [7, 11) is 0. The topological polar surface area (TPSA) is 41.3 Å². The highest BCUT2D eigenvalue weighted by molar-refractivity contribution is 5.49. The first-order valence-corrected chi connectivity index (χ1v) is 6.53. The Morgan fingerprint density at radius 1 is 1.40 bits per heavy atom. The van der Waals surface area contributed by atoms with Gasteiger partial charge in [-0.3, -0.25) is 0 Å². The average molecular weight is 285 g/mol. The van der Waals surface area contributed by atoms with E-state index in [1.165, 1.54) is 12.1 Å². The van der Waals surface area contributed by atoms with E-state index in [1.807, 2.05) is 17.9 Å². The third kappa shape index (κ3) is 3.37. The molecule has 20 heavy (non-hydrogen) atoms. The lowest BCUT2D eigenvalue weighted by Gasteiger charge is -2.26. The Labute approximate surface area is 116 Å². The number of hydrogen-bond acceptors (Lipinski definition) is 3. The zero-order valence-corrected chi connectivity index (χ0v) is 11.2. The van der Waals surface area contributed by atoms with Crippen molar-refractivity contribution < 1.29 is 13.2 Å². The van der Waals surface area contributed by atoms with Crippen molar-refractivity contribution in [1.29, 1.82) is 0 Å². The minimum atomic E-state index is -4.31. The van der Waals surface area contributed by atoms with E-state index >= 15 is 0 Å². The first kappa shape index (κ1) is 14.6. The number of nitrogens with one attached hydrogen (secondary N) is 1. The molecule has 1 aliphatic heterocycles. The fourth-order valence-electron chi connectivity index (χ4n) is 2.32. The van der Waals surface area contributed by atoms with E-state index in [4.69, 9.17) is 5.73 Å². The fraction of sp³-hybridized carbons (Fsp3) is 0.429. The number of benzene rings is 1. The van der Waals surface area contributed by atoms with Gasteiger partial charge in [-0.15, -0.1) is 0 Å². The Morgan fingerprint density at radius 2 is 2.15 bits per heavy atom. The maximum absolute atomic E-state index is 12.7. The molecule has 0 fully saturated rings. The Balaban J connectivity index is 2.15. The van der Waals surface area contributed by atoms with Crippen LogP contribution in [0.2, 0.25) is 0 Å². The molecule has 0 radical (unpaired) electrons. The number of nitrogens with zero attached hydrogens (tertiary/aromatic N) is 1. The SMILES string of the molecule is CCN(C[C@H]1C=C(N)NC1)c1cccc(C(F)(F)F)c1. The van der Waals surface area contributed by atoms with Crippen LogP contribution in [0.3, 0.4) is 0 Å². The average Bonchev–Trinajstić information content (AvgIpc) is 2.81. The molecule has 3 nitrogen and oxygen atoms in total. The second kappa shape index (κ2) is 5.64. The van der Waals surface area contributed by atoms with Gasteiger partial charge in [-0.1, -0.05) is 6.07 Å². The van der Waals surface area contributed by atoms with Gasteiger partial charge < -0.3 is 16.0 Å². The number of nitrogens with two attached hydrogens (primary N) is 1. The van der Waals surface area contributed by atoms with Gasteiger partial charge in [0.05, 0.1) is 11.4 Å². The van der Waals surface area contributed by atoms with Crippen molar-refractivity contribution in [3.05, 3.63) is 41.7 Å². The second-order valence-corrected chi connectivity index (χ2v) is 4.85. The molecule has 1 aliphatic rings. The van der Waals surface area contributed by atoms with Crippen LogP contribution in [0, 0.1) is 5.92 Å². The molecule has 1 aromatic carbocycles. The number of anilines is 1. The van der Waals surface area contributed by atoms with E-state index in [0.29, 0.717) is 24.6 Å². The number of halogens is 3. The Bertz CT molecular complexity index is 497. The van der Waals surface area contributed by atoms with Crippen molar-refractivity contribution in [1.82, 2.24) is 5.32 Å². The first-order chi connectivity index (χ1) is 9.40. The van der Waals surface area contributed by atoms with Crippen molar-refractivity contribution in [2.24, 2.45) is 11.7 Å². The highest BCUT2D eigenvalue weighted by Crippen LogP contribution is 2.31. The van der Waals surface area contributed by atoms with Crippen LogP contribution in [-0.2, 0) is 6.18 Å². The van der Waals surface area contributed by atoms with Gasteiger partial charge in [-0.25, -0.2) is 0 Å². The molecule has 0 saturated heterocycles. The largest absolute Gasteiger partial charge is 0.416 e. The molecule has 0 aromatic heterocycles. The third-order valence-electron chi connectivity index (χ3n) is 3.36. The van der Waals surface area contributed by atoms with Gasteiger partial charge in [0, 0.05) is 31.2 Å². The van der Waals surface area contributed by atoms with E-state index in [9.17, 15) is 13.2 Å². The minimum Gasteiger partial charge on any atom is -0.386 e. The lowest BCUT2D eigenvalue weighted by Crippen LogP contribution is -2.31. The van der Waals surface area contributed by atoms with Crippen molar-refractivity contribution >= 4 is 5.69 Å². The Kier molecular flexibility index (Phi) is 4.11. The van der Waals surface area contributed by atoms with Gasteiger partial charge in [-0.05, 0) is 31.2 Å². The van der Waals surface area contributed by atoms with Crippen molar-refractivity contribution in [2.45, 2.75) is 13.1 Å². The normalized spacial score (nSPS) is 18.6. The van der Waals surface area contributed by atoms with Gasteiger partial charge in [-0.2, -0.15) is 13.2 Å². The standard InChI is InChI=1S/C14H18F3N3/c1-2-20(9-10-6-13(18)19-8-10)12-5-3-4-11(7-12)14(15,16)17/h3-7,10,19H,2,8-9,18H2,1H3/t10-/m0/s1. The van der Waals surface area contributed by atoms with Crippen LogP contribution in [0.5, 0.6) is 0 Å². The molecule has 1 atom stereocenters. The predicted molar refractivity (Wildman–Crippen MR) is 73.1 cm³/mol. The van der Waals surface area contributed by atoms with Gasteiger partial charge in [0.1, 0.15) is 0 Å². The van der Waals surface area contributed by atoms with Crippen LogP contribution in [0.25, 0.3) is 0 Å². The van der Waals surface area contributed by atoms with Gasteiger partial charge in [0.15, 0.2) is 0 Å². The summed E-state index contributed by atoms with van der Waals surface area (Å²) in [4.78, 5) is 1.93. The van der Waals surface area contributed by atoms with Crippen LogP contribution < -0.4 is 16.0 Å². The van der Waals surface area contributed by atoms with Gasteiger partial charge in [0.25, 0.3) is 0 Å². The summed E-state index contributed by atoms with van der Waals surface area (Å²) in [6.07, 6.45) is -2.40. The summed E-state index contributed by atoms with van der Waals surface area (Å²) in [5.74, 6) is 0.847. The molecule has 6 heteroatoms. The molecule has 0 unspecified atom stereocenters. The molecule has 0 spiro atoms. The van der Waals surface area contributed by atoms with E-state index in [1.54, 1.807) is 6.07 Å². The maximum Gasteiger partial charge on any atom is 0.416 e. The maximum atomic E-state index is 12.7. The molecule has 0 aliphatic carbocycles. The highest BCUT2D eigenvalue weighted by atomic mass is 19.4. The summed E-state index contributed by atoms with van der Waals surface area (Å²) in [5, 5.41) is 3.02. The van der Waals surface area contributed by atoms with Crippen LogP contribution in [-0.4, -0.2) is 19.6 Å². The third-order valence-corrected chi connectivity index (χ3v) is 3.36. The molecule has 3 N–H and O–H groups in total. The smallest absolute Gasteiger partial charge is 0.386 e. The van der Waals surface area contributed by atoms with E-state index in [0.717, 1.165) is 12.6 Å². The van der Waals surface area contributed by atoms with Gasteiger partial charge in [0.2, 0.25) is 0 Å². The van der Waals surface area contributed by atoms with E-state index in [2.05, 4.69) is 5.32 Å². The van der Waals surface area contributed by atoms with Crippen LogP contribution >= 0.6 is 0 Å². The summed E-state index contributed by atoms with van der Waals surface area (Å²) < 4.78 is 38.2. The summed E-state index contributed by atoms with van der Waals surface area (Å²) in [5.41, 5.74) is 5.61. The zero-order chi connectivity index (χ0) is 14.8. The number of rotatable bonds is 4. The van der Waals surface area contributed by atoms with Crippen molar-refractivity contribution in [2.75, 3.05) is 24.5 Å². The van der Waals surface area contributed by atoms with Gasteiger partial charge >= 0.3 is 6.18 Å². The fourth-order valence-corrected chi connectivity index (χ4v) is 2.32. The van der Waals surface area contributed by atoms with Crippen LogP contribution in [0.1, 0.15) is 12.5 Å². The molecular weight excluding hydrogens is 267 g/mol. The number of hydrogen-bond donors (Lipinski definition) is 2. The summed E-state index contributed by atoms with van der Waals surface area (Å²) >= 11 is 0. The number of alkyl halides is 3. The van der Waals surface area contributed by atoms with Crippen LogP contribution in [0.4, 0.5) is 18.9 Å².